The highest BCUT2D eigenvalue weighted by Crippen LogP contribution is 2.39. The summed E-state index contributed by atoms with van der Waals surface area (Å²) in [4.78, 5) is 12.0. The van der Waals surface area contributed by atoms with Crippen molar-refractivity contribution in [2.75, 3.05) is 6.54 Å². The molecule has 0 spiro atoms. The van der Waals surface area contributed by atoms with Crippen molar-refractivity contribution in [3.05, 3.63) is 33.8 Å². The minimum Gasteiger partial charge on any atom is -0.337 e. The van der Waals surface area contributed by atoms with Crippen LogP contribution in [0.1, 0.15) is 38.3 Å². The molecule has 1 aromatic carbocycles. The largest absolute Gasteiger partial charge is 0.337 e. The predicted octanol–water partition coefficient (Wildman–Crippen LogP) is 3.45. The summed E-state index contributed by atoms with van der Waals surface area (Å²) in [5, 5.41) is 16.3. The Morgan fingerprint density at radius 2 is 2.18 bits per heavy atom. The number of carbonyl (C=O) groups excluding carboxylic acids is 1. The van der Waals surface area contributed by atoms with Crippen LogP contribution in [-0.2, 0) is 4.79 Å². The fraction of sp³-hybridized carbons (Fsp3) is 0.500. The Balaban J connectivity index is 1.89. The zero-order valence-electron chi connectivity index (χ0n) is 12.6. The van der Waals surface area contributed by atoms with Crippen molar-refractivity contribution in [1.82, 2.24) is 10.6 Å². The molecule has 1 fully saturated rings. The minimum absolute atomic E-state index is 0.0928. The first-order valence-electron chi connectivity index (χ1n) is 7.26. The molecule has 1 amide bonds. The van der Waals surface area contributed by atoms with Gasteiger partial charge in [-0.15, -0.1) is 0 Å². The van der Waals surface area contributed by atoms with E-state index in [-0.39, 0.29) is 24.4 Å². The van der Waals surface area contributed by atoms with Crippen molar-refractivity contribution in [2.24, 2.45) is 5.92 Å². The molecule has 1 aliphatic carbocycles. The topological polar surface area (TPSA) is 64.9 Å². The second kappa shape index (κ2) is 6.87. The molecule has 0 saturated heterocycles. The van der Waals surface area contributed by atoms with Crippen molar-refractivity contribution in [3.63, 3.8) is 0 Å². The summed E-state index contributed by atoms with van der Waals surface area (Å²) < 4.78 is 0. The standard InChI is InChI=1S/C16H19Cl2N3O/c1-10(13-6-5-12(17)7-14(13)18)20-8-15(22)21-16(2,9-19)11-3-4-11/h5-7,10-11,20H,3-4,8H2,1-2H3,(H,21,22). The van der Waals surface area contributed by atoms with Crippen molar-refractivity contribution in [3.8, 4) is 6.07 Å². The van der Waals surface area contributed by atoms with E-state index in [0.717, 1.165) is 18.4 Å². The van der Waals surface area contributed by atoms with E-state index >= 15 is 0 Å². The second-order valence-electron chi connectivity index (χ2n) is 5.91. The summed E-state index contributed by atoms with van der Waals surface area (Å²) >= 11 is 12.0. The van der Waals surface area contributed by atoms with Gasteiger partial charge in [0.1, 0.15) is 5.54 Å². The molecule has 0 aromatic heterocycles. The first-order valence-corrected chi connectivity index (χ1v) is 8.02. The predicted molar refractivity (Wildman–Crippen MR) is 87.8 cm³/mol. The molecule has 6 heteroatoms. The van der Waals surface area contributed by atoms with Gasteiger partial charge in [0.2, 0.25) is 5.91 Å². The Labute approximate surface area is 140 Å². The zero-order chi connectivity index (χ0) is 16.3. The maximum Gasteiger partial charge on any atom is 0.235 e. The lowest BCUT2D eigenvalue weighted by Crippen LogP contribution is -2.49. The molecule has 0 aliphatic heterocycles. The van der Waals surface area contributed by atoms with E-state index in [0.29, 0.717) is 10.0 Å². The molecule has 2 rings (SSSR count). The van der Waals surface area contributed by atoms with E-state index < -0.39 is 5.54 Å². The number of hydrogen-bond donors (Lipinski definition) is 2. The number of nitrogens with one attached hydrogen (secondary N) is 2. The third kappa shape index (κ3) is 4.13. The van der Waals surface area contributed by atoms with E-state index in [1.165, 1.54) is 0 Å². The first kappa shape index (κ1) is 17.1. The van der Waals surface area contributed by atoms with Gasteiger partial charge in [-0.3, -0.25) is 4.79 Å². The van der Waals surface area contributed by atoms with Crippen LogP contribution in [0.25, 0.3) is 0 Å². The lowest BCUT2D eigenvalue weighted by molar-refractivity contribution is -0.121. The summed E-state index contributed by atoms with van der Waals surface area (Å²) in [5.74, 6) is 0.0810. The van der Waals surface area contributed by atoms with Crippen LogP contribution >= 0.6 is 23.2 Å². The summed E-state index contributed by atoms with van der Waals surface area (Å²) in [6.45, 7) is 3.83. The Morgan fingerprint density at radius 1 is 1.50 bits per heavy atom. The normalized spacial score (nSPS) is 18.1. The van der Waals surface area contributed by atoms with Gasteiger partial charge in [0.25, 0.3) is 0 Å². The minimum atomic E-state index is -0.764. The quantitative estimate of drug-likeness (QED) is 0.834. The van der Waals surface area contributed by atoms with Gasteiger partial charge in [-0.05, 0) is 50.3 Å². The Bertz CT molecular complexity index is 610. The average molecular weight is 340 g/mol. The van der Waals surface area contributed by atoms with Crippen molar-refractivity contribution in [1.29, 1.82) is 5.26 Å². The van der Waals surface area contributed by atoms with Crippen molar-refractivity contribution >= 4 is 29.1 Å². The summed E-state index contributed by atoms with van der Waals surface area (Å²) in [7, 11) is 0. The number of carbonyl (C=O) groups is 1. The van der Waals surface area contributed by atoms with Crippen LogP contribution in [0, 0.1) is 17.2 Å². The second-order valence-corrected chi connectivity index (χ2v) is 6.75. The van der Waals surface area contributed by atoms with Crippen LogP contribution in [0.3, 0.4) is 0 Å². The van der Waals surface area contributed by atoms with Gasteiger partial charge < -0.3 is 10.6 Å². The summed E-state index contributed by atoms with van der Waals surface area (Å²) in [6, 6.07) is 7.40. The van der Waals surface area contributed by atoms with E-state index in [1.807, 2.05) is 13.0 Å². The molecule has 118 valence electrons. The summed E-state index contributed by atoms with van der Waals surface area (Å²) in [5.41, 5.74) is 0.115. The van der Waals surface area contributed by atoms with Gasteiger partial charge in [-0.25, -0.2) is 0 Å². The number of amides is 1. The number of nitrogens with zero attached hydrogens (tertiary/aromatic N) is 1. The molecular formula is C16H19Cl2N3O. The van der Waals surface area contributed by atoms with Gasteiger partial charge in [-0.2, -0.15) is 5.26 Å². The highest BCUT2D eigenvalue weighted by Gasteiger charge is 2.42. The lowest BCUT2D eigenvalue weighted by Gasteiger charge is -2.23. The highest BCUT2D eigenvalue weighted by molar-refractivity contribution is 6.35. The van der Waals surface area contributed by atoms with Gasteiger partial charge in [-0.1, -0.05) is 29.3 Å². The molecule has 1 aromatic rings. The Morgan fingerprint density at radius 3 is 2.73 bits per heavy atom. The van der Waals surface area contributed by atoms with Gasteiger partial charge in [0.15, 0.2) is 0 Å². The number of hydrogen-bond acceptors (Lipinski definition) is 3. The van der Waals surface area contributed by atoms with E-state index in [2.05, 4.69) is 16.7 Å². The van der Waals surface area contributed by atoms with Crippen LogP contribution in [0.5, 0.6) is 0 Å². The van der Waals surface area contributed by atoms with E-state index in [1.54, 1.807) is 19.1 Å². The third-order valence-corrected chi connectivity index (χ3v) is 4.59. The highest BCUT2D eigenvalue weighted by atomic mass is 35.5. The Kier molecular flexibility index (Phi) is 5.33. The SMILES string of the molecule is CC(NCC(=O)NC(C)(C#N)C1CC1)c1ccc(Cl)cc1Cl. The molecule has 1 saturated carbocycles. The van der Waals surface area contributed by atoms with Crippen LogP contribution in [0.4, 0.5) is 0 Å². The van der Waals surface area contributed by atoms with Gasteiger partial charge >= 0.3 is 0 Å². The van der Waals surface area contributed by atoms with Crippen LogP contribution in [0.2, 0.25) is 10.0 Å². The first-order chi connectivity index (χ1) is 10.4. The smallest absolute Gasteiger partial charge is 0.235 e. The molecule has 0 bridgehead atoms. The maximum absolute atomic E-state index is 12.0. The van der Waals surface area contributed by atoms with E-state index in [4.69, 9.17) is 23.2 Å². The van der Waals surface area contributed by atoms with Gasteiger partial charge in [0.05, 0.1) is 12.6 Å². The van der Waals surface area contributed by atoms with Gasteiger partial charge in [0, 0.05) is 16.1 Å². The Hall–Kier alpha value is -1.28. The van der Waals surface area contributed by atoms with Crippen molar-refractivity contribution < 1.29 is 4.79 Å². The zero-order valence-corrected chi connectivity index (χ0v) is 14.1. The lowest BCUT2D eigenvalue weighted by atomic mass is 9.98. The van der Waals surface area contributed by atoms with Crippen LogP contribution in [0.15, 0.2) is 18.2 Å². The number of nitriles is 1. The number of benzene rings is 1. The fourth-order valence-corrected chi connectivity index (χ4v) is 3.00. The fourth-order valence-electron chi connectivity index (χ4n) is 2.42. The van der Waals surface area contributed by atoms with Crippen LogP contribution < -0.4 is 10.6 Å². The number of rotatable bonds is 6. The van der Waals surface area contributed by atoms with Crippen LogP contribution in [-0.4, -0.2) is 18.0 Å². The van der Waals surface area contributed by atoms with E-state index in [9.17, 15) is 10.1 Å². The van der Waals surface area contributed by atoms with Crippen molar-refractivity contribution in [2.45, 2.75) is 38.3 Å². The third-order valence-electron chi connectivity index (χ3n) is 4.02. The molecule has 2 unspecified atom stereocenters. The monoisotopic (exact) mass is 339 g/mol. The molecule has 22 heavy (non-hydrogen) atoms. The molecule has 2 N–H and O–H groups in total. The average Bonchev–Trinajstić information content (AvgIpc) is 3.29. The maximum atomic E-state index is 12.0. The molecule has 4 nitrogen and oxygen atoms in total. The molecule has 1 aliphatic rings. The molecule has 0 heterocycles. The molecular weight excluding hydrogens is 321 g/mol. The number of halogens is 2. The molecule has 2 atom stereocenters. The molecule has 0 radical (unpaired) electrons. The summed E-state index contributed by atoms with van der Waals surface area (Å²) in [6.07, 6.45) is 1.99.